The number of hydrogen-bond donors (Lipinski definition) is 2. The number of aromatic nitrogens is 1. The first kappa shape index (κ1) is 23.7. The highest BCUT2D eigenvalue weighted by atomic mass is 35.5. The van der Waals surface area contributed by atoms with Crippen LogP contribution in [0.25, 0.3) is 0 Å². The maximum absolute atomic E-state index is 13.1. The topological polar surface area (TPSA) is 103 Å². The highest BCUT2D eigenvalue weighted by molar-refractivity contribution is 7.89. The van der Waals surface area contributed by atoms with Crippen LogP contribution in [0.1, 0.15) is 58.3 Å². The Morgan fingerprint density at radius 1 is 1.19 bits per heavy atom. The van der Waals surface area contributed by atoms with E-state index in [4.69, 9.17) is 11.6 Å². The Balaban J connectivity index is 1.43. The molecule has 8 nitrogen and oxygen atoms in total. The van der Waals surface area contributed by atoms with Crippen LogP contribution in [0, 0.1) is 5.41 Å². The van der Waals surface area contributed by atoms with E-state index in [1.54, 1.807) is 24.0 Å². The summed E-state index contributed by atoms with van der Waals surface area (Å²) < 4.78 is 28.8. The standard InChI is InChI=1S/C22H33ClN4O4S/c1-2-20(29)27-12-7-16(15-27)25-32(30,31)21-18(23)3-4-19(24-21)26-13-10-22(11-14-26)8-5-17(28)6-9-22/h3-4,16-17,25,28H,2,5-15H2,1H3. The molecule has 1 aromatic heterocycles. The zero-order valence-electron chi connectivity index (χ0n) is 18.6. The van der Waals surface area contributed by atoms with Gasteiger partial charge < -0.3 is 14.9 Å². The predicted molar refractivity (Wildman–Crippen MR) is 123 cm³/mol. The summed E-state index contributed by atoms with van der Waals surface area (Å²) in [6.07, 6.45) is 6.71. The SMILES string of the molecule is CCC(=O)N1CCC(NS(=O)(=O)c2nc(N3CCC4(CCC(O)CC4)CC3)ccc2Cl)C1. The second-order valence-corrected chi connectivity index (χ2v) is 11.5. The van der Waals surface area contributed by atoms with Gasteiger partial charge in [0.15, 0.2) is 5.03 Å². The van der Waals surface area contributed by atoms with E-state index in [-0.39, 0.29) is 28.1 Å². The molecule has 1 atom stereocenters. The quantitative estimate of drug-likeness (QED) is 0.665. The van der Waals surface area contributed by atoms with Crippen LogP contribution >= 0.6 is 11.6 Å². The lowest BCUT2D eigenvalue weighted by Crippen LogP contribution is -2.43. The molecule has 2 saturated heterocycles. The number of carbonyl (C=O) groups is 1. The second-order valence-electron chi connectivity index (χ2n) is 9.47. The Kier molecular flexibility index (Phi) is 7.00. The average molecular weight is 485 g/mol. The van der Waals surface area contributed by atoms with E-state index < -0.39 is 10.0 Å². The summed E-state index contributed by atoms with van der Waals surface area (Å²) in [5.41, 5.74) is 0.295. The van der Waals surface area contributed by atoms with Crippen molar-refractivity contribution in [1.29, 1.82) is 0 Å². The number of pyridine rings is 1. The third-order valence-electron chi connectivity index (χ3n) is 7.38. The molecule has 1 aliphatic carbocycles. The summed E-state index contributed by atoms with van der Waals surface area (Å²) >= 11 is 6.25. The average Bonchev–Trinajstić information content (AvgIpc) is 3.24. The molecule has 0 aromatic carbocycles. The first-order chi connectivity index (χ1) is 15.2. The summed E-state index contributed by atoms with van der Waals surface area (Å²) in [5.74, 6) is 0.648. The zero-order chi connectivity index (χ0) is 22.9. The number of sulfonamides is 1. The number of piperidine rings is 1. The summed E-state index contributed by atoms with van der Waals surface area (Å²) in [7, 11) is -3.91. The van der Waals surface area contributed by atoms with E-state index in [9.17, 15) is 18.3 Å². The molecule has 1 unspecified atom stereocenters. The molecule has 2 N–H and O–H groups in total. The van der Waals surface area contributed by atoms with Crippen LogP contribution in [-0.4, -0.2) is 67.6 Å². The van der Waals surface area contributed by atoms with Crippen molar-refractivity contribution < 1.29 is 18.3 Å². The minimum absolute atomic E-state index is 0.0280. The molecule has 10 heteroatoms. The van der Waals surface area contributed by atoms with Crippen molar-refractivity contribution >= 4 is 33.3 Å². The van der Waals surface area contributed by atoms with Gasteiger partial charge in [0, 0.05) is 38.6 Å². The number of likely N-dealkylation sites (tertiary alicyclic amines) is 1. The third-order valence-corrected chi connectivity index (χ3v) is 9.26. The van der Waals surface area contributed by atoms with Crippen LogP contribution < -0.4 is 9.62 Å². The van der Waals surface area contributed by atoms with Gasteiger partial charge in [-0.3, -0.25) is 4.79 Å². The van der Waals surface area contributed by atoms with Gasteiger partial charge in [0.2, 0.25) is 5.91 Å². The molecule has 3 heterocycles. The molecule has 3 fully saturated rings. The Labute approximate surface area is 195 Å². The van der Waals surface area contributed by atoms with Gasteiger partial charge in [-0.25, -0.2) is 18.1 Å². The third kappa shape index (κ3) is 5.05. The summed E-state index contributed by atoms with van der Waals surface area (Å²) in [6, 6.07) is 3.04. The van der Waals surface area contributed by atoms with Gasteiger partial charge >= 0.3 is 0 Å². The maximum Gasteiger partial charge on any atom is 0.259 e. The van der Waals surface area contributed by atoms with Crippen LogP contribution in [-0.2, 0) is 14.8 Å². The maximum atomic E-state index is 13.1. The van der Waals surface area contributed by atoms with Crippen molar-refractivity contribution in [3.05, 3.63) is 17.2 Å². The fourth-order valence-corrected chi connectivity index (χ4v) is 6.98. The van der Waals surface area contributed by atoms with Gasteiger partial charge in [0.05, 0.1) is 11.1 Å². The van der Waals surface area contributed by atoms with Gasteiger partial charge in [0.1, 0.15) is 5.82 Å². The molecule has 32 heavy (non-hydrogen) atoms. The number of rotatable bonds is 5. The Morgan fingerprint density at radius 2 is 1.88 bits per heavy atom. The van der Waals surface area contributed by atoms with E-state index in [1.807, 2.05) is 0 Å². The van der Waals surface area contributed by atoms with Crippen LogP contribution in [0.3, 0.4) is 0 Å². The molecule has 3 aliphatic rings. The number of amides is 1. The van der Waals surface area contributed by atoms with Crippen LogP contribution in [0.4, 0.5) is 5.82 Å². The van der Waals surface area contributed by atoms with Gasteiger partial charge in [-0.15, -0.1) is 0 Å². The second kappa shape index (κ2) is 9.44. The molecule has 0 radical (unpaired) electrons. The molecule has 178 valence electrons. The molecular formula is C22H33ClN4O4S. The highest BCUT2D eigenvalue weighted by Gasteiger charge is 2.38. The molecule has 1 aromatic rings. The lowest BCUT2D eigenvalue weighted by Gasteiger charge is -2.45. The van der Waals surface area contributed by atoms with Crippen LogP contribution in [0.5, 0.6) is 0 Å². The van der Waals surface area contributed by atoms with Crippen LogP contribution in [0.15, 0.2) is 17.2 Å². The van der Waals surface area contributed by atoms with E-state index in [1.165, 1.54) is 0 Å². The van der Waals surface area contributed by atoms with E-state index in [0.29, 0.717) is 37.2 Å². The summed E-state index contributed by atoms with van der Waals surface area (Å²) in [5, 5.41) is 9.77. The van der Waals surface area contributed by atoms with Crippen molar-refractivity contribution in [3.8, 4) is 0 Å². The number of nitrogens with zero attached hydrogens (tertiary/aromatic N) is 3. The minimum atomic E-state index is -3.91. The normalized spacial score (nSPS) is 24.3. The molecule has 4 rings (SSSR count). The Hall–Kier alpha value is -1.42. The van der Waals surface area contributed by atoms with Gasteiger partial charge in [-0.1, -0.05) is 18.5 Å². The number of aliphatic hydroxyl groups excluding tert-OH is 1. The number of nitrogens with one attached hydrogen (secondary N) is 1. The summed E-state index contributed by atoms with van der Waals surface area (Å²) in [4.78, 5) is 20.2. The van der Waals surface area contributed by atoms with Gasteiger partial charge in [-0.2, -0.15) is 0 Å². The lowest BCUT2D eigenvalue weighted by atomic mass is 9.67. The monoisotopic (exact) mass is 484 g/mol. The zero-order valence-corrected chi connectivity index (χ0v) is 20.2. The number of halogens is 1. The predicted octanol–water partition coefficient (Wildman–Crippen LogP) is 2.55. The first-order valence-corrected chi connectivity index (χ1v) is 13.5. The van der Waals surface area contributed by atoms with Crippen molar-refractivity contribution in [2.75, 3.05) is 31.1 Å². The van der Waals surface area contributed by atoms with Crippen molar-refractivity contribution in [1.82, 2.24) is 14.6 Å². The molecule has 0 bridgehead atoms. The lowest BCUT2D eigenvalue weighted by molar-refractivity contribution is -0.129. The molecule has 2 aliphatic heterocycles. The number of aliphatic hydroxyl groups is 1. The molecule has 1 amide bonds. The smallest absolute Gasteiger partial charge is 0.259 e. The Bertz CT molecular complexity index is 939. The van der Waals surface area contributed by atoms with Crippen molar-refractivity contribution in [2.45, 2.75) is 75.5 Å². The van der Waals surface area contributed by atoms with Gasteiger partial charge in [-0.05, 0) is 62.5 Å². The fourth-order valence-electron chi connectivity index (χ4n) is 5.29. The number of carbonyl (C=O) groups excluding carboxylic acids is 1. The highest BCUT2D eigenvalue weighted by Crippen LogP contribution is 2.45. The first-order valence-electron chi connectivity index (χ1n) is 11.6. The number of anilines is 1. The van der Waals surface area contributed by atoms with E-state index >= 15 is 0 Å². The van der Waals surface area contributed by atoms with E-state index in [0.717, 1.165) is 51.6 Å². The van der Waals surface area contributed by atoms with Crippen molar-refractivity contribution in [2.24, 2.45) is 5.41 Å². The summed E-state index contributed by atoms with van der Waals surface area (Å²) in [6.45, 7) is 4.34. The molecule has 1 spiro atoms. The molecule has 1 saturated carbocycles. The van der Waals surface area contributed by atoms with Crippen molar-refractivity contribution in [3.63, 3.8) is 0 Å². The Morgan fingerprint density at radius 3 is 2.53 bits per heavy atom. The molecular weight excluding hydrogens is 452 g/mol. The van der Waals surface area contributed by atoms with Gasteiger partial charge in [0.25, 0.3) is 10.0 Å². The van der Waals surface area contributed by atoms with Crippen LogP contribution in [0.2, 0.25) is 5.02 Å². The number of hydrogen-bond acceptors (Lipinski definition) is 6. The largest absolute Gasteiger partial charge is 0.393 e. The minimum Gasteiger partial charge on any atom is -0.393 e. The fraction of sp³-hybridized carbons (Fsp3) is 0.727. The van der Waals surface area contributed by atoms with E-state index in [2.05, 4.69) is 14.6 Å².